The van der Waals surface area contributed by atoms with Crippen LogP contribution >= 0.6 is 0 Å². The van der Waals surface area contributed by atoms with Crippen molar-refractivity contribution in [2.45, 2.75) is 6.92 Å². The van der Waals surface area contributed by atoms with Gasteiger partial charge in [-0.3, -0.25) is 4.98 Å². The van der Waals surface area contributed by atoms with Crippen LogP contribution < -0.4 is 0 Å². The van der Waals surface area contributed by atoms with Crippen LogP contribution in [0.2, 0.25) is 0 Å². The van der Waals surface area contributed by atoms with E-state index in [-0.39, 0.29) is 5.56 Å². The van der Waals surface area contributed by atoms with E-state index in [9.17, 15) is 4.79 Å². The lowest BCUT2D eigenvalue weighted by Crippen LogP contribution is -1.98. The third-order valence-corrected chi connectivity index (χ3v) is 1.42. The molecule has 1 rings (SSSR count). The van der Waals surface area contributed by atoms with Crippen molar-refractivity contribution in [3.05, 3.63) is 29.6 Å². The summed E-state index contributed by atoms with van der Waals surface area (Å²) < 4.78 is 0. The first-order valence-corrected chi connectivity index (χ1v) is 4.08. The Kier molecular flexibility index (Phi) is 3.60. The number of rotatable bonds is 4. The summed E-state index contributed by atoms with van der Waals surface area (Å²) in [7, 11) is 0. The van der Waals surface area contributed by atoms with Crippen molar-refractivity contribution in [1.82, 2.24) is 4.98 Å². The van der Waals surface area contributed by atoms with E-state index in [1.807, 2.05) is 0 Å². The standard InChI is InChI=1S/C9H10N2O3/c1-2-14-11-6-8-5-7(9(12)13)3-4-10-8/h3-6H,2H2,1H3,(H,12,13)/b11-6+. The van der Waals surface area contributed by atoms with Crippen molar-refractivity contribution in [3.63, 3.8) is 0 Å². The number of aromatic nitrogens is 1. The Bertz CT molecular complexity index is 350. The van der Waals surface area contributed by atoms with E-state index >= 15 is 0 Å². The second-order valence-electron chi connectivity index (χ2n) is 2.43. The van der Waals surface area contributed by atoms with Gasteiger partial charge in [0, 0.05) is 6.20 Å². The summed E-state index contributed by atoms with van der Waals surface area (Å²) in [4.78, 5) is 19.2. The Morgan fingerprint density at radius 1 is 1.79 bits per heavy atom. The van der Waals surface area contributed by atoms with Crippen LogP contribution in [0.25, 0.3) is 0 Å². The van der Waals surface area contributed by atoms with Gasteiger partial charge < -0.3 is 9.94 Å². The lowest BCUT2D eigenvalue weighted by molar-refractivity contribution is 0.0696. The number of pyridine rings is 1. The molecule has 0 amide bonds. The van der Waals surface area contributed by atoms with E-state index in [1.165, 1.54) is 24.5 Å². The van der Waals surface area contributed by atoms with Gasteiger partial charge in [-0.15, -0.1) is 0 Å². The minimum Gasteiger partial charge on any atom is -0.478 e. The van der Waals surface area contributed by atoms with Crippen molar-refractivity contribution < 1.29 is 14.7 Å². The summed E-state index contributed by atoms with van der Waals surface area (Å²) in [5, 5.41) is 12.3. The average molecular weight is 194 g/mol. The quantitative estimate of drug-likeness (QED) is 0.576. The van der Waals surface area contributed by atoms with Crippen LogP contribution in [-0.4, -0.2) is 28.9 Å². The first-order chi connectivity index (χ1) is 6.74. The van der Waals surface area contributed by atoms with Crippen LogP contribution in [0.15, 0.2) is 23.5 Å². The maximum Gasteiger partial charge on any atom is 0.335 e. The highest BCUT2D eigenvalue weighted by Crippen LogP contribution is 1.99. The highest BCUT2D eigenvalue weighted by molar-refractivity contribution is 5.89. The van der Waals surface area contributed by atoms with Crippen molar-refractivity contribution in [3.8, 4) is 0 Å². The van der Waals surface area contributed by atoms with Crippen molar-refractivity contribution >= 4 is 12.2 Å². The lowest BCUT2D eigenvalue weighted by atomic mass is 10.2. The zero-order valence-corrected chi connectivity index (χ0v) is 7.67. The summed E-state index contributed by atoms with van der Waals surface area (Å²) in [5.41, 5.74) is 0.635. The smallest absolute Gasteiger partial charge is 0.335 e. The van der Waals surface area contributed by atoms with E-state index in [2.05, 4.69) is 10.1 Å². The van der Waals surface area contributed by atoms with Crippen LogP contribution in [0.4, 0.5) is 0 Å². The summed E-state index contributed by atoms with van der Waals surface area (Å²) in [6.45, 7) is 2.27. The van der Waals surface area contributed by atoms with Gasteiger partial charge in [-0.25, -0.2) is 4.79 Å². The number of nitrogens with zero attached hydrogens (tertiary/aromatic N) is 2. The Hall–Kier alpha value is -1.91. The molecule has 0 aliphatic rings. The van der Waals surface area contributed by atoms with Crippen LogP contribution in [0.3, 0.4) is 0 Å². The largest absolute Gasteiger partial charge is 0.478 e. The molecule has 1 N–H and O–H groups in total. The van der Waals surface area contributed by atoms with Crippen LogP contribution in [0.1, 0.15) is 23.0 Å². The van der Waals surface area contributed by atoms with Crippen LogP contribution in [-0.2, 0) is 4.84 Å². The zero-order valence-electron chi connectivity index (χ0n) is 7.67. The van der Waals surface area contributed by atoms with Crippen LogP contribution in [0.5, 0.6) is 0 Å². The number of hydrogen-bond donors (Lipinski definition) is 1. The molecule has 74 valence electrons. The van der Waals surface area contributed by atoms with E-state index in [0.717, 1.165) is 0 Å². The van der Waals surface area contributed by atoms with Gasteiger partial charge in [0.1, 0.15) is 6.61 Å². The minimum absolute atomic E-state index is 0.179. The molecule has 5 heteroatoms. The number of carbonyl (C=O) groups is 1. The highest BCUT2D eigenvalue weighted by Gasteiger charge is 2.02. The second-order valence-corrected chi connectivity index (χ2v) is 2.43. The van der Waals surface area contributed by atoms with Crippen molar-refractivity contribution in [2.75, 3.05) is 6.61 Å². The Morgan fingerprint density at radius 2 is 2.57 bits per heavy atom. The number of aromatic carboxylic acids is 1. The zero-order chi connectivity index (χ0) is 10.4. The molecule has 0 saturated carbocycles. The van der Waals surface area contributed by atoms with Gasteiger partial charge in [0.15, 0.2) is 0 Å². The fraction of sp³-hybridized carbons (Fsp3) is 0.222. The normalized spacial score (nSPS) is 10.4. The van der Waals surface area contributed by atoms with E-state index < -0.39 is 5.97 Å². The van der Waals surface area contributed by atoms with Gasteiger partial charge in [-0.1, -0.05) is 5.16 Å². The molecule has 1 aromatic heterocycles. The summed E-state index contributed by atoms with van der Waals surface area (Å²) in [6, 6.07) is 2.84. The fourth-order valence-corrected chi connectivity index (χ4v) is 0.818. The molecule has 5 nitrogen and oxygen atoms in total. The number of carboxylic acids is 1. The van der Waals surface area contributed by atoms with E-state index in [1.54, 1.807) is 6.92 Å². The number of hydrogen-bond acceptors (Lipinski definition) is 4. The maximum absolute atomic E-state index is 10.6. The van der Waals surface area contributed by atoms with Gasteiger partial charge >= 0.3 is 5.97 Å². The predicted octanol–water partition coefficient (Wildman–Crippen LogP) is 1.15. The van der Waals surface area contributed by atoms with Crippen LogP contribution in [0, 0.1) is 0 Å². The van der Waals surface area contributed by atoms with Gasteiger partial charge in [0.05, 0.1) is 17.5 Å². The molecule has 0 aliphatic heterocycles. The van der Waals surface area contributed by atoms with Crippen molar-refractivity contribution in [2.24, 2.45) is 5.16 Å². The van der Waals surface area contributed by atoms with Gasteiger partial charge in [0.25, 0.3) is 0 Å². The van der Waals surface area contributed by atoms with Gasteiger partial charge in [-0.05, 0) is 19.1 Å². The SMILES string of the molecule is CCO/N=C/c1cc(C(=O)O)ccn1. The number of oxime groups is 1. The lowest BCUT2D eigenvalue weighted by Gasteiger charge is -1.95. The topological polar surface area (TPSA) is 71.8 Å². The fourth-order valence-electron chi connectivity index (χ4n) is 0.818. The average Bonchev–Trinajstić information content (AvgIpc) is 2.19. The first-order valence-electron chi connectivity index (χ1n) is 4.08. The molecule has 0 fully saturated rings. The van der Waals surface area contributed by atoms with Gasteiger partial charge in [0.2, 0.25) is 0 Å². The molecule has 0 radical (unpaired) electrons. The third kappa shape index (κ3) is 2.85. The molecule has 1 aromatic rings. The van der Waals surface area contributed by atoms with E-state index in [0.29, 0.717) is 12.3 Å². The molecule has 14 heavy (non-hydrogen) atoms. The van der Waals surface area contributed by atoms with Crippen molar-refractivity contribution in [1.29, 1.82) is 0 Å². The summed E-state index contributed by atoms with van der Waals surface area (Å²) in [5.74, 6) is -0.988. The van der Waals surface area contributed by atoms with Gasteiger partial charge in [-0.2, -0.15) is 0 Å². The number of carboxylic acid groups (broad SMARTS) is 1. The molecule has 0 bridgehead atoms. The first kappa shape index (κ1) is 10.2. The Labute approximate surface area is 81.0 Å². The molecule has 0 aromatic carbocycles. The molecule has 0 unspecified atom stereocenters. The third-order valence-electron chi connectivity index (χ3n) is 1.42. The summed E-state index contributed by atoms with van der Waals surface area (Å²) >= 11 is 0. The summed E-state index contributed by atoms with van der Waals surface area (Å²) in [6.07, 6.45) is 2.78. The second kappa shape index (κ2) is 4.96. The monoisotopic (exact) mass is 194 g/mol. The van der Waals surface area contributed by atoms with E-state index in [4.69, 9.17) is 9.94 Å². The molecule has 0 saturated heterocycles. The molecule has 0 aliphatic carbocycles. The molecular weight excluding hydrogens is 184 g/mol. The maximum atomic E-state index is 10.6. The molecule has 0 spiro atoms. The predicted molar refractivity (Wildman–Crippen MR) is 50.4 cm³/mol. The minimum atomic E-state index is -0.988. The Balaban J connectivity index is 2.78. The highest BCUT2D eigenvalue weighted by atomic mass is 16.6. The Morgan fingerprint density at radius 3 is 3.21 bits per heavy atom. The molecular formula is C9H10N2O3. The molecule has 0 atom stereocenters. The molecule has 1 heterocycles.